The van der Waals surface area contributed by atoms with Crippen molar-refractivity contribution in [3.63, 3.8) is 0 Å². The van der Waals surface area contributed by atoms with Crippen LogP contribution in [-0.4, -0.2) is 5.91 Å². The Labute approximate surface area is 111 Å². The summed E-state index contributed by atoms with van der Waals surface area (Å²) < 4.78 is 39.0. The van der Waals surface area contributed by atoms with E-state index in [0.29, 0.717) is 6.07 Å². The van der Waals surface area contributed by atoms with E-state index in [2.05, 4.69) is 5.32 Å². The van der Waals surface area contributed by atoms with E-state index in [4.69, 9.17) is 11.6 Å². The summed E-state index contributed by atoms with van der Waals surface area (Å²) in [7, 11) is 0. The number of amides is 1. The molecule has 0 radical (unpaired) electrons. The molecule has 0 aromatic heterocycles. The lowest BCUT2D eigenvalue weighted by atomic mass is 10.2. The third-order valence-electron chi connectivity index (χ3n) is 2.35. The Balaban J connectivity index is 2.26. The monoisotopic (exact) mass is 285 g/mol. The fourth-order valence-corrected chi connectivity index (χ4v) is 1.69. The average molecular weight is 286 g/mol. The summed E-state index contributed by atoms with van der Waals surface area (Å²) in [6, 6.07) is 6.14. The lowest BCUT2D eigenvalue weighted by molar-refractivity contribution is 0.102. The first-order valence-electron chi connectivity index (χ1n) is 5.19. The smallest absolute Gasteiger partial charge is 0.255 e. The minimum absolute atomic E-state index is 0.126. The molecule has 19 heavy (non-hydrogen) atoms. The summed E-state index contributed by atoms with van der Waals surface area (Å²) in [6.07, 6.45) is 0. The van der Waals surface area contributed by atoms with Crippen LogP contribution in [0.2, 0.25) is 5.02 Å². The van der Waals surface area contributed by atoms with Crippen LogP contribution in [0.3, 0.4) is 0 Å². The molecule has 2 aromatic carbocycles. The molecule has 0 saturated heterocycles. The minimum atomic E-state index is -0.986. The number of nitrogens with one attached hydrogen (secondary N) is 1. The summed E-state index contributed by atoms with van der Waals surface area (Å²) in [5.41, 5.74) is -0.196. The SMILES string of the molecule is O=C(Nc1c(F)cc(F)cc1Cl)c1ccc(F)cc1. The Morgan fingerprint density at radius 3 is 2.21 bits per heavy atom. The van der Waals surface area contributed by atoms with Crippen molar-refractivity contribution in [1.29, 1.82) is 0 Å². The van der Waals surface area contributed by atoms with E-state index < -0.39 is 23.4 Å². The standard InChI is InChI=1S/C13H7ClF3NO/c14-10-5-9(16)6-11(17)12(10)18-13(19)7-1-3-8(15)4-2-7/h1-6H,(H,18,19). The molecule has 6 heteroatoms. The van der Waals surface area contributed by atoms with Gasteiger partial charge in [-0.2, -0.15) is 0 Å². The Bertz CT molecular complexity index is 605. The first-order chi connectivity index (χ1) is 8.97. The predicted molar refractivity (Wildman–Crippen MR) is 65.7 cm³/mol. The fourth-order valence-electron chi connectivity index (χ4n) is 1.45. The van der Waals surface area contributed by atoms with Crippen LogP contribution >= 0.6 is 11.6 Å². The zero-order valence-corrected chi connectivity index (χ0v) is 10.1. The third-order valence-corrected chi connectivity index (χ3v) is 2.65. The first kappa shape index (κ1) is 13.4. The van der Waals surface area contributed by atoms with Crippen molar-refractivity contribution in [3.8, 4) is 0 Å². The topological polar surface area (TPSA) is 29.1 Å². The number of rotatable bonds is 2. The van der Waals surface area contributed by atoms with E-state index in [1.54, 1.807) is 0 Å². The largest absolute Gasteiger partial charge is 0.318 e. The maximum atomic E-state index is 13.5. The van der Waals surface area contributed by atoms with Crippen molar-refractivity contribution in [3.05, 3.63) is 64.4 Å². The molecule has 0 saturated carbocycles. The molecule has 0 fully saturated rings. The molecule has 0 spiro atoms. The van der Waals surface area contributed by atoms with Crippen molar-refractivity contribution < 1.29 is 18.0 Å². The Kier molecular flexibility index (Phi) is 3.76. The van der Waals surface area contributed by atoms with Crippen LogP contribution in [0.1, 0.15) is 10.4 Å². The molecule has 1 N–H and O–H groups in total. The van der Waals surface area contributed by atoms with Crippen molar-refractivity contribution in [2.24, 2.45) is 0 Å². The highest BCUT2D eigenvalue weighted by Gasteiger charge is 2.14. The van der Waals surface area contributed by atoms with Crippen LogP contribution in [0.25, 0.3) is 0 Å². The van der Waals surface area contributed by atoms with Crippen LogP contribution in [0.15, 0.2) is 36.4 Å². The molecule has 2 rings (SSSR count). The molecule has 0 unspecified atom stereocenters. The van der Waals surface area contributed by atoms with Crippen molar-refractivity contribution in [1.82, 2.24) is 0 Å². The highest BCUT2D eigenvalue weighted by atomic mass is 35.5. The average Bonchev–Trinajstić information content (AvgIpc) is 2.34. The fraction of sp³-hybridized carbons (Fsp3) is 0. The number of hydrogen-bond acceptors (Lipinski definition) is 1. The molecule has 0 atom stereocenters. The summed E-state index contributed by atoms with van der Waals surface area (Å²) in [4.78, 5) is 11.8. The van der Waals surface area contributed by atoms with Crippen LogP contribution in [-0.2, 0) is 0 Å². The normalized spacial score (nSPS) is 10.3. The van der Waals surface area contributed by atoms with Gasteiger partial charge in [-0.1, -0.05) is 11.6 Å². The lowest BCUT2D eigenvalue weighted by Gasteiger charge is -2.08. The highest BCUT2D eigenvalue weighted by Crippen LogP contribution is 2.26. The van der Waals surface area contributed by atoms with Crippen molar-refractivity contribution >= 4 is 23.2 Å². The van der Waals surface area contributed by atoms with Crippen molar-refractivity contribution in [2.75, 3.05) is 5.32 Å². The van der Waals surface area contributed by atoms with Crippen LogP contribution in [0.5, 0.6) is 0 Å². The molecule has 98 valence electrons. The van der Waals surface area contributed by atoms with E-state index in [-0.39, 0.29) is 16.3 Å². The summed E-state index contributed by atoms with van der Waals surface area (Å²) >= 11 is 5.64. The molecular formula is C13H7ClF3NO. The second-order valence-electron chi connectivity index (χ2n) is 3.71. The molecule has 2 nitrogen and oxygen atoms in total. The van der Waals surface area contributed by atoms with E-state index in [0.717, 1.165) is 18.2 Å². The van der Waals surface area contributed by atoms with Gasteiger partial charge in [-0.3, -0.25) is 4.79 Å². The number of carbonyl (C=O) groups is 1. The molecule has 2 aromatic rings. The predicted octanol–water partition coefficient (Wildman–Crippen LogP) is 4.01. The number of anilines is 1. The molecule has 1 amide bonds. The van der Waals surface area contributed by atoms with Gasteiger partial charge in [-0.15, -0.1) is 0 Å². The molecule has 0 aliphatic carbocycles. The number of halogens is 4. The Hall–Kier alpha value is -2.01. The minimum Gasteiger partial charge on any atom is -0.318 e. The van der Waals surface area contributed by atoms with Crippen LogP contribution < -0.4 is 5.32 Å². The van der Waals surface area contributed by atoms with Gasteiger partial charge in [0.15, 0.2) is 5.82 Å². The summed E-state index contributed by atoms with van der Waals surface area (Å²) in [6.45, 7) is 0. The summed E-state index contributed by atoms with van der Waals surface area (Å²) in [5.74, 6) is -3.00. The molecule has 0 aliphatic rings. The molecular weight excluding hydrogens is 279 g/mol. The van der Waals surface area contributed by atoms with Gasteiger partial charge >= 0.3 is 0 Å². The van der Waals surface area contributed by atoms with E-state index in [1.165, 1.54) is 12.1 Å². The molecule has 0 heterocycles. The zero-order chi connectivity index (χ0) is 14.0. The van der Waals surface area contributed by atoms with E-state index >= 15 is 0 Å². The second kappa shape index (κ2) is 5.32. The summed E-state index contributed by atoms with van der Waals surface area (Å²) in [5, 5.41) is 1.95. The number of hydrogen-bond donors (Lipinski definition) is 1. The highest BCUT2D eigenvalue weighted by molar-refractivity contribution is 6.34. The van der Waals surface area contributed by atoms with Gasteiger partial charge in [0.2, 0.25) is 0 Å². The second-order valence-corrected chi connectivity index (χ2v) is 4.11. The lowest BCUT2D eigenvalue weighted by Crippen LogP contribution is -2.13. The van der Waals surface area contributed by atoms with Gasteiger partial charge in [0, 0.05) is 11.6 Å². The van der Waals surface area contributed by atoms with Gasteiger partial charge in [0.05, 0.1) is 10.7 Å². The van der Waals surface area contributed by atoms with Crippen LogP contribution in [0, 0.1) is 17.5 Å². The van der Waals surface area contributed by atoms with Gasteiger partial charge in [-0.25, -0.2) is 13.2 Å². The molecule has 0 aliphatic heterocycles. The Morgan fingerprint density at radius 1 is 1.00 bits per heavy atom. The third kappa shape index (κ3) is 3.06. The number of benzene rings is 2. The first-order valence-corrected chi connectivity index (χ1v) is 5.56. The quantitative estimate of drug-likeness (QED) is 0.887. The van der Waals surface area contributed by atoms with E-state index in [9.17, 15) is 18.0 Å². The van der Waals surface area contributed by atoms with E-state index in [1.807, 2.05) is 0 Å². The zero-order valence-electron chi connectivity index (χ0n) is 9.38. The number of carbonyl (C=O) groups excluding carboxylic acids is 1. The van der Waals surface area contributed by atoms with Gasteiger partial charge < -0.3 is 5.32 Å². The van der Waals surface area contributed by atoms with Crippen LogP contribution in [0.4, 0.5) is 18.9 Å². The van der Waals surface area contributed by atoms with Crippen molar-refractivity contribution in [2.45, 2.75) is 0 Å². The van der Waals surface area contributed by atoms with Gasteiger partial charge in [0.1, 0.15) is 11.6 Å². The van der Waals surface area contributed by atoms with Gasteiger partial charge in [-0.05, 0) is 30.3 Å². The maximum absolute atomic E-state index is 13.5. The van der Waals surface area contributed by atoms with Gasteiger partial charge in [0.25, 0.3) is 5.91 Å². The maximum Gasteiger partial charge on any atom is 0.255 e. The molecule has 0 bridgehead atoms. The Morgan fingerprint density at radius 2 is 1.63 bits per heavy atom.